The van der Waals surface area contributed by atoms with Gasteiger partial charge < -0.3 is 8.85 Å². The lowest BCUT2D eigenvalue weighted by Gasteiger charge is -2.39. The third kappa shape index (κ3) is 3.90. The van der Waals surface area contributed by atoms with Crippen LogP contribution in [0.3, 0.4) is 0 Å². The monoisotopic (exact) mass is 438 g/mol. The number of halogens is 13. The minimum absolute atomic E-state index is 0.864. The highest BCUT2D eigenvalue weighted by Crippen LogP contribution is 2.60. The van der Waals surface area contributed by atoms with E-state index in [1.165, 1.54) is 0 Å². The lowest BCUT2D eigenvalue weighted by Crippen LogP contribution is -2.70. The SMILES string of the molecule is CO[SiH](CCC(F)(F)C(F)(F)C(F)(F)C(F)(F)C(F)(F)C(F)(F)F)OC. The molecule has 0 bridgehead atoms. The fourth-order valence-electron chi connectivity index (χ4n) is 1.59. The molecule has 26 heavy (non-hydrogen) atoms. The Morgan fingerprint density at radius 3 is 1.23 bits per heavy atom. The molecule has 0 fully saturated rings. The second-order valence-electron chi connectivity index (χ2n) is 4.94. The van der Waals surface area contributed by atoms with Gasteiger partial charge in [0.05, 0.1) is 0 Å². The van der Waals surface area contributed by atoms with Gasteiger partial charge in [-0.15, -0.1) is 0 Å². The highest BCUT2D eigenvalue weighted by atomic mass is 28.3. The van der Waals surface area contributed by atoms with Gasteiger partial charge in [0.25, 0.3) is 0 Å². The van der Waals surface area contributed by atoms with E-state index in [4.69, 9.17) is 0 Å². The van der Waals surface area contributed by atoms with Crippen molar-refractivity contribution in [3.8, 4) is 0 Å². The summed E-state index contributed by atoms with van der Waals surface area (Å²) in [6.45, 7) is 0. The standard InChI is InChI=1S/C10H11F13O2Si/c1-24-26(25-2)4-3-5(11,12)6(13,14)7(15,16)8(17,18)9(19,20)10(21,22)23/h26H,3-4H2,1-2H3. The molecule has 0 unspecified atom stereocenters. The Hall–Kier alpha value is -0.773. The molecule has 0 rings (SSSR count). The fourth-order valence-corrected chi connectivity index (χ4v) is 2.85. The smallest absolute Gasteiger partial charge is 0.400 e. The molecular formula is C10H11F13O2Si. The molecule has 0 amide bonds. The van der Waals surface area contributed by atoms with E-state index in [9.17, 15) is 57.1 Å². The van der Waals surface area contributed by atoms with Gasteiger partial charge in [0.15, 0.2) is 0 Å². The van der Waals surface area contributed by atoms with Crippen molar-refractivity contribution in [1.82, 2.24) is 0 Å². The molecule has 0 N–H and O–H groups in total. The third-order valence-corrected chi connectivity index (χ3v) is 5.03. The molecule has 0 saturated carbocycles. The lowest BCUT2D eigenvalue weighted by atomic mass is 9.93. The van der Waals surface area contributed by atoms with Crippen LogP contribution in [0.25, 0.3) is 0 Å². The predicted molar refractivity (Wildman–Crippen MR) is 61.4 cm³/mol. The summed E-state index contributed by atoms with van der Waals surface area (Å²) >= 11 is 0. The van der Waals surface area contributed by atoms with Gasteiger partial charge in [-0.05, 0) is 6.04 Å². The molecule has 0 aromatic carbocycles. The first-order chi connectivity index (χ1) is 11.2. The van der Waals surface area contributed by atoms with Crippen molar-refractivity contribution >= 4 is 9.28 Å². The highest BCUT2D eigenvalue weighted by Gasteiger charge is 2.90. The maximum Gasteiger partial charge on any atom is 0.460 e. The molecule has 16 heteroatoms. The largest absolute Gasteiger partial charge is 0.460 e. The topological polar surface area (TPSA) is 18.5 Å². The molecule has 0 aromatic heterocycles. The second kappa shape index (κ2) is 7.33. The average molecular weight is 438 g/mol. The van der Waals surface area contributed by atoms with Crippen molar-refractivity contribution in [3.05, 3.63) is 0 Å². The number of hydrogen-bond donors (Lipinski definition) is 0. The molecule has 0 radical (unpaired) electrons. The quantitative estimate of drug-likeness (QED) is 0.386. The molecule has 158 valence electrons. The minimum Gasteiger partial charge on any atom is -0.400 e. The van der Waals surface area contributed by atoms with E-state index < -0.39 is 57.5 Å². The van der Waals surface area contributed by atoms with E-state index in [2.05, 4.69) is 8.85 Å². The molecule has 2 nitrogen and oxygen atoms in total. The van der Waals surface area contributed by atoms with Crippen molar-refractivity contribution in [2.45, 2.75) is 48.3 Å². The van der Waals surface area contributed by atoms with Crippen LogP contribution in [0.15, 0.2) is 0 Å². The first kappa shape index (κ1) is 25.2. The fraction of sp³-hybridized carbons (Fsp3) is 1.00. The first-order valence-electron chi connectivity index (χ1n) is 6.26. The molecule has 0 atom stereocenters. The van der Waals surface area contributed by atoms with Crippen LogP contribution in [0, 0.1) is 0 Å². The van der Waals surface area contributed by atoms with E-state index >= 15 is 0 Å². The molecule has 0 aliphatic heterocycles. The van der Waals surface area contributed by atoms with E-state index in [0.717, 1.165) is 14.2 Å². The molecular weight excluding hydrogens is 427 g/mol. The third-order valence-electron chi connectivity index (χ3n) is 3.22. The molecule has 0 spiro atoms. The summed E-state index contributed by atoms with van der Waals surface area (Å²) in [5, 5.41) is 0. The van der Waals surface area contributed by atoms with Crippen LogP contribution in [0.2, 0.25) is 6.04 Å². The summed E-state index contributed by atoms with van der Waals surface area (Å²) in [6.07, 6.45) is -9.70. The summed E-state index contributed by atoms with van der Waals surface area (Å²) < 4.78 is 175. The van der Waals surface area contributed by atoms with Crippen LogP contribution in [-0.4, -0.2) is 59.3 Å². The Balaban J connectivity index is 5.92. The number of rotatable bonds is 9. The maximum absolute atomic E-state index is 13.4. The van der Waals surface area contributed by atoms with Crippen LogP contribution in [0.1, 0.15) is 6.42 Å². The molecule has 0 aromatic rings. The van der Waals surface area contributed by atoms with Crippen molar-refractivity contribution < 1.29 is 65.9 Å². The van der Waals surface area contributed by atoms with Gasteiger partial charge in [-0.1, -0.05) is 0 Å². The van der Waals surface area contributed by atoms with E-state index in [1.807, 2.05) is 0 Å². The van der Waals surface area contributed by atoms with Gasteiger partial charge in [0.2, 0.25) is 0 Å². The van der Waals surface area contributed by atoms with Gasteiger partial charge in [-0.3, -0.25) is 0 Å². The van der Waals surface area contributed by atoms with Crippen LogP contribution < -0.4 is 0 Å². The van der Waals surface area contributed by atoms with E-state index in [1.54, 1.807) is 0 Å². The predicted octanol–water partition coefficient (Wildman–Crippen LogP) is 4.63. The number of hydrogen-bond acceptors (Lipinski definition) is 2. The highest BCUT2D eigenvalue weighted by molar-refractivity contribution is 6.44. The van der Waals surface area contributed by atoms with Gasteiger partial charge in [0.1, 0.15) is 0 Å². The van der Waals surface area contributed by atoms with E-state index in [0.29, 0.717) is 0 Å². The van der Waals surface area contributed by atoms with Crippen LogP contribution >= 0.6 is 0 Å². The van der Waals surface area contributed by atoms with Crippen LogP contribution in [0.4, 0.5) is 57.1 Å². The number of alkyl halides is 13. The van der Waals surface area contributed by atoms with Crippen molar-refractivity contribution in [2.24, 2.45) is 0 Å². The first-order valence-corrected chi connectivity index (χ1v) is 8.02. The summed E-state index contributed by atoms with van der Waals surface area (Å²) in [6, 6.07) is -1.16. The Kier molecular flexibility index (Phi) is 7.11. The van der Waals surface area contributed by atoms with Crippen molar-refractivity contribution in [1.29, 1.82) is 0 Å². The second-order valence-corrected chi connectivity index (χ2v) is 7.32. The lowest BCUT2D eigenvalue weighted by molar-refractivity contribution is -0.440. The Labute approximate surface area is 139 Å². The molecule has 0 heterocycles. The average Bonchev–Trinajstić information content (AvgIpc) is 2.46. The van der Waals surface area contributed by atoms with Gasteiger partial charge in [-0.25, -0.2) is 0 Å². The van der Waals surface area contributed by atoms with Crippen molar-refractivity contribution in [3.63, 3.8) is 0 Å². The normalized spacial score (nSPS) is 15.7. The van der Waals surface area contributed by atoms with Gasteiger partial charge >= 0.3 is 45.1 Å². The minimum atomic E-state index is -7.87. The molecule has 0 aliphatic rings. The zero-order chi connectivity index (χ0) is 21.4. The van der Waals surface area contributed by atoms with Crippen LogP contribution in [0.5, 0.6) is 0 Å². The Bertz CT molecular complexity index is 472. The Morgan fingerprint density at radius 1 is 0.577 bits per heavy atom. The van der Waals surface area contributed by atoms with E-state index in [-0.39, 0.29) is 0 Å². The maximum atomic E-state index is 13.4. The van der Waals surface area contributed by atoms with Gasteiger partial charge in [-0.2, -0.15) is 57.1 Å². The Morgan fingerprint density at radius 2 is 0.923 bits per heavy atom. The zero-order valence-electron chi connectivity index (χ0n) is 12.7. The molecule has 0 aliphatic carbocycles. The zero-order valence-corrected chi connectivity index (χ0v) is 13.9. The summed E-state index contributed by atoms with van der Waals surface area (Å²) in [5.74, 6) is -36.7. The molecule has 0 saturated heterocycles. The summed E-state index contributed by atoms with van der Waals surface area (Å²) in [7, 11) is -1.37. The van der Waals surface area contributed by atoms with Gasteiger partial charge in [0, 0.05) is 20.6 Å². The van der Waals surface area contributed by atoms with Crippen LogP contribution in [-0.2, 0) is 8.85 Å². The van der Waals surface area contributed by atoms with Crippen molar-refractivity contribution in [2.75, 3.05) is 14.2 Å². The summed E-state index contributed by atoms with van der Waals surface area (Å²) in [4.78, 5) is 0. The summed E-state index contributed by atoms with van der Waals surface area (Å²) in [5.41, 5.74) is 0.